The summed E-state index contributed by atoms with van der Waals surface area (Å²) in [5.41, 5.74) is 0.788. The van der Waals surface area contributed by atoms with Crippen LogP contribution < -0.4 is 9.04 Å². The van der Waals surface area contributed by atoms with Crippen LogP contribution in [-0.4, -0.2) is 32.8 Å². The van der Waals surface area contributed by atoms with Gasteiger partial charge in [0.2, 0.25) is 0 Å². The van der Waals surface area contributed by atoms with Crippen LogP contribution in [0.5, 0.6) is 5.75 Å². The molecule has 0 aromatic heterocycles. The molecule has 0 amide bonds. The molecular formula is C26H22N2O4S. The topological polar surface area (TPSA) is 90.6 Å². The lowest BCUT2D eigenvalue weighted by atomic mass is 10.1. The number of rotatable bonds is 8. The Kier molecular flexibility index (Phi) is 6.59. The van der Waals surface area contributed by atoms with Gasteiger partial charge in [-0.15, -0.1) is 0 Å². The Morgan fingerprint density at radius 1 is 0.879 bits per heavy atom. The highest BCUT2D eigenvalue weighted by Crippen LogP contribution is 2.25. The molecule has 1 unspecified atom stereocenters. The number of fused-ring (bicyclic) bond motifs is 1. The monoisotopic (exact) mass is 458 g/mol. The van der Waals surface area contributed by atoms with Gasteiger partial charge in [0, 0.05) is 0 Å². The third kappa shape index (κ3) is 5.14. The van der Waals surface area contributed by atoms with Crippen molar-refractivity contribution in [1.29, 1.82) is 5.26 Å². The predicted molar refractivity (Wildman–Crippen MR) is 128 cm³/mol. The van der Waals surface area contributed by atoms with Gasteiger partial charge in [0.15, 0.2) is 0 Å². The summed E-state index contributed by atoms with van der Waals surface area (Å²) in [6.45, 7) is -0.273. The molecule has 0 saturated carbocycles. The van der Waals surface area contributed by atoms with E-state index in [-0.39, 0.29) is 18.0 Å². The van der Waals surface area contributed by atoms with Crippen molar-refractivity contribution in [1.82, 2.24) is 0 Å². The number of nitriles is 1. The van der Waals surface area contributed by atoms with Crippen molar-refractivity contribution in [3.63, 3.8) is 0 Å². The van der Waals surface area contributed by atoms with Gasteiger partial charge in [0.25, 0.3) is 10.0 Å². The Hall–Kier alpha value is -3.86. The molecule has 0 saturated heterocycles. The van der Waals surface area contributed by atoms with Gasteiger partial charge >= 0.3 is 0 Å². The average Bonchev–Trinajstić information content (AvgIpc) is 2.86. The molecule has 0 aliphatic carbocycles. The van der Waals surface area contributed by atoms with Crippen LogP contribution in [0.3, 0.4) is 0 Å². The van der Waals surface area contributed by atoms with Crippen LogP contribution >= 0.6 is 0 Å². The highest BCUT2D eigenvalue weighted by molar-refractivity contribution is 7.92. The second-order valence-corrected chi connectivity index (χ2v) is 9.34. The largest absolute Gasteiger partial charge is 0.491 e. The number of hydrogen-bond donors (Lipinski definition) is 1. The third-order valence-corrected chi connectivity index (χ3v) is 6.96. The summed E-state index contributed by atoms with van der Waals surface area (Å²) in [6, 6.07) is 29.7. The number of hydrogen-bond acceptors (Lipinski definition) is 5. The first kappa shape index (κ1) is 22.3. The molecule has 4 aromatic carbocycles. The zero-order valence-corrected chi connectivity index (χ0v) is 18.5. The van der Waals surface area contributed by atoms with E-state index in [9.17, 15) is 13.5 Å². The van der Waals surface area contributed by atoms with E-state index in [0.29, 0.717) is 17.0 Å². The zero-order valence-electron chi connectivity index (χ0n) is 17.7. The smallest absolute Gasteiger partial charge is 0.264 e. The Morgan fingerprint density at radius 3 is 2.24 bits per heavy atom. The molecule has 0 heterocycles. The van der Waals surface area contributed by atoms with Crippen LogP contribution in [0.2, 0.25) is 0 Å². The second kappa shape index (κ2) is 9.74. The van der Waals surface area contributed by atoms with Gasteiger partial charge < -0.3 is 9.84 Å². The maximum absolute atomic E-state index is 13.4. The summed E-state index contributed by atoms with van der Waals surface area (Å²) in [4.78, 5) is 0.0352. The van der Waals surface area contributed by atoms with E-state index in [1.165, 1.54) is 24.3 Å². The highest BCUT2D eigenvalue weighted by atomic mass is 32.2. The molecule has 0 bridgehead atoms. The van der Waals surface area contributed by atoms with E-state index >= 15 is 0 Å². The normalized spacial score (nSPS) is 12.1. The van der Waals surface area contributed by atoms with Crippen molar-refractivity contribution < 1.29 is 18.3 Å². The number of para-hydroxylation sites is 1. The lowest BCUT2D eigenvalue weighted by molar-refractivity contribution is 0.115. The Morgan fingerprint density at radius 2 is 1.55 bits per heavy atom. The summed E-state index contributed by atoms with van der Waals surface area (Å²) in [5, 5.41) is 21.8. The fourth-order valence-electron chi connectivity index (χ4n) is 3.46. The molecule has 166 valence electrons. The number of benzene rings is 4. The number of sulfonamides is 1. The molecule has 6 nitrogen and oxygen atoms in total. The van der Waals surface area contributed by atoms with Crippen LogP contribution in [-0.2, 0) is 10.0 Å². The van der Waals surface area contributed by atoms with Gasteiger partial charge in [-0.1, -0.05) is 48.5 Å². The summed E-state index contributed by atoms with van der Waals surface area (Å²) in [5.74, 6) is 0.592. The SMILES string of the molecule is N#Cc1ccc(S(=O)(=O)N(CC(O)COc2ccc3ccccc3c2)c2ccccc2)cc1. The number of aliphatic hydroxyl groups is 1. The number of ether oxygens (including phenoxy) is 1. The van der Waals surface area contributed by atoms with E-state index in [1.54, 1.807) is 30.3 Å². The Labute approximate surface area is 193 Å². The Bertz CT molecular complexity index is 1380. The van der Waals surface area contributed by atoms with Crippen molar-refractivity contribution in [3.05, 3.63) is 103 Å². The molecular weight excluding hydrogens is 436 g/mol. The average molecular weight is 459 g/mol. The van der Waals surface area contributed by atoms with Crippen LogP contribution in [0, 0.1) is 11.3 Å². The van der Waals surface area contributed by atoms with Crippen LogP contribution in [0.25, 0.3) is 10.8 Å². The quantitative estimate of drug-likeness (QED) is 0.424. The lowest BCUT2D eigenvalue weighted by Gasteiger charge is -2.27. The highest BCUT2D eigenvalue weighted by Gasteiger charge is 2.27. The zero-order chi connectivity index (χ0) is 23.3. The molecule has 7 heteroatoms. The minimum absolute atomic E-state index is 0.0352. The molecule has 0 aliphatic rings. The lowest BCUT2D eigenvalue weighted by Crippen LogP contribution is -2.39. The van der Waals surface area contributed by atoms with E-state index in [0.717, 1.165) is 15.1 Å². The molecule has 0 radical (unpaired) electrons. The summed E-state index contributed by atoms with van der Waals surface area (Å²) >= 11 is 0. The van der Waals surface area contributed by atoms with Crippen molar-refractivity contribution >= 4 is 26.5 Å². The number of nitrogens with zero attached hydrogens (tertiary/aromatic N) is 2. The van der Waals surface area contributed by atoms with Gasteiger partial charge in [-0.3, -0.25) is 4.31 Å². The van der Waals surface area contributed by atoms with E-state index in [2.05, 4.69) is 0 Å². The second-order valence-electron chi connectivity index (χ2n) is 7.48. The molecule has 33 heavy (non-hydrogen) atoms. The van der Waals surface area contributed by atoms with E-state index in [4.69, 9.17) is 10.00 Å². The maximum atomic E-state index is 13.4. The van der Waals surface area contributed by atoms with Gasteiger partial charge in [-0.25, -0.2) is 8.42 Å². The first-order valence-corrected chi connectivity index (χ1v) is 11.8. The van der Waals surface area contributed by atoms with Gasteiger partial charge in [0.05, 0.1) is 28.8 Å². The third-order valence-electron chi connectivity index (χ3n) is 5.16. The molecule has 4 rings (SSSR count). The summed E-state index contributed by atoms with van der Waals surface area (Å²) < 4.78 is 33.7. The van der Waals surface area contributed by atoms with Crippen molar-refractivity contribution in [3.8, 4) is 11.8 Å². The van der Waals surface area contributed by atoms with Crippen molar-refractivity contribution in [2.75, 3.05) is 17.5 Å². The van der Waals surface area contributed by atoms with Gasteiger partial charge in [-0.05, 0) is 59.3 Å². The first-order chi connectivity index (χ1) is 16.0. The van der Waals surface area contributed by atoms with Crippen molar-refractivity contribution in [2.45, 2.75) is 11.0 Å². The summed E-state index contributed by atoms with van der Waals surface area (Å²) in [6.07, 6.45) is -1.08. The first-order valence-electron chi connectivity index (χ1n) is 10.3. The van der Waals surface area contributed by atoms with Gasteiger partial charge in [-0.2, -0.15) is 5.26 Å². The molecule has 4 aromatic rings. The number of anilines is 1. The molecule has 0 fully saturated rings. The van der Waals surface area contributed by atoms with Crippen LogP contribution in [0.15, 0.2) is 102 Å². The number of aliphatic hydroxyl groups excluding tert-OH is 1. The minimum atomic E-state index is -3.98. The molecule has 0 aliphatic heterocycles. The maximum Gasteiger partial charge on any atom is 0.264 e. The summed E-state index contributed by atoms with van der Waals surface area (Å²) in [7, 11) is -3.98. The van der Waals surface area contributed by atoms with Gasteiger partial charge in [0.1, 0.15) is 18.5 Å². The fourth-order valence-corrected chi connectivity index (χ4v) is 4.96. The molecule has 1 N–H and O–H groups in total. The predicted octanol–water partition coefficient (Wildman–Crippen LogP) is 4.35. The molecule has 0 spiro atoms. The Balaban J connectivity index is 1.54. The van der Waals surface area contributed by atoms with E-state index < -0.39 is 16.1 Å². The molecule has 1 atom stereocenters. The van der Waals surface area contributed by atoms with E-state index in [1.807, 2.05) is 48.5 Å². The van der Waals surface area contributed by atoms with Crippen LogP contribution in [0.4, 0.5) is 5.69 Å². The minimum Gasteiger partial charge on any atom is -0.491 e. The fraction of sp³-hybridized carbons (Fsp3) is 0.115. The van der Waals surface area contributed by atoms with Crippen LogP contribution in [0.1, 0.15) is 5.56 Å². The van der Waals surface area contributed by atoms with Crippen molar-refractivity contribution in [2.24, 2.45) is 0 Å². The standard InChI is InChI=1S/C26H22N2O4S/c27-17-20-10-14-26(15-11-20)33(30,31)28(23-8-2-1-3-9-23)18-24(29)19-32-25-13-12-21-6-4-5-7-22(21)16-25/h1-16,24,29H,18-19H2.